The monoisotopic (exact) mass is 408 g/mol. The predicted molar refractivity (Wildman–Crippen MR) is 115 cm³/mol. The van der Waals surface area contributed by atoms with Gasteiger partial charge in [0.15, 0.2) is 0 Å². The average Bonchev–Trinajstić information content (AvgIpc) is 2.73. The number of benzene rings is 2. The van der Waals surface area contributed by atoms with Gasteiger partial charge in [-0.25, -0.2) is 9.59 Å². The number of nitrogens with one attached hydrogen (secondary N) is 1. The summed E-state index contributed by atoms with van der Waals surface area (Å²) in [6.45, 7) is 5.54. The number of ether oxygens (including phenoxy) is 3. The third kappa shape index (κ3) is 4.68. The maximum Gasteiger partial charge on any atom is 0.341 e. The molecule has 7 heteroatoms. The number of rotatable bonds is 7. The Kier molecular flexibility index (Phi) is 6.51. The highest BCUT2D eigenvalue weighted by Gasteiger charge is 2.19. The molecule has 156 valence electrons. The Morgan fingerprint density at radius 2 is 1.90 bits per heavy atom. The summed E-state index contributed by atoms with van der Waals surface area (Å²) in [5.74, 6) is -0.287. The van der Waals surface area contributed by atoms with E-state index in [-0.39, 0.29) is 18.3 Å². The Morgan fingerprint density at radius 3 is 2.60 bits per heavy atom. The van der Waals surface area contributed by atoms with Crippen molar-refractivity contribution in [2.24, 2.45) is 0 Å². The van der Waals surface area contributed by atoms with E-state index < -0.39 is 11.9 Å². The van der Waals surface area contributed by atoms with Crippen molar-refractivity contribution >= 4 is 34.2 Å². The van der Waals surface area contributed by atoms with Gasteiger partial charge in [0.25, 0.3) is 0 Å². The van der Waals surface area contributed by atoms with Gasteiger partial charge in [0, 0.05) is 23.3 Å². The summed E-state index contributed by atoms with van der Waals surface area (Å²) in [6.07, 6.45) is 1.22. The van der Waals surface area contributed by atoms with Crippen LogP contribution >= 0.6 is 0 Å². The summed E-state index contributed by atoms with van der Waals surface area (Å²) in [5, 5.41) is 3.86. The van der Waals surface area contributed by atoms with Crippen LogP contribution in [0.4, 0.5) is 11.4 Å². The van der Waals surface area contributed by atoms with Crippen molar-refractivity contribution in [3.63, 3.8) is 0 Å². The fourth-order valence-electron chi connectivity index (χ4n) is 2.95. The molecule has 0 atom stereocenters. The highest BCUT2D eigenvalue weighted by Crippen LogP contribution is 2.31. The van der Waals surface area contributed by atoms with Crippen LogP contribution in [0.25, 0.3) is 10.9 Å². The molecule has 3 rings (SSSR count). The molecule has 0 saturated carbocycles. The largest absolute Gasteiger partial charge is 0.497 e. The zero-order valence-corrected chi connectivity index (χ0v) is 17.4. The molecule has 0 amide bonds. The Labute approximate surface area is 175 Å². The van der Waals surface area contributed by atoms with Crippen LogP contribution in [0, 0.1) is 0 Å². The molecule has 0 unspecified atom stereocenters. The number of hydrogen-bond acceptors (Lipinski definition) is 7. The van der Waals surface area contributed by atoms with Crippen molar-refractivity contribution in [1.29, 1.82) is 0 Å². The number of carbonyl (C=O) groups is 2. The van der Waals surface area contributed by atoms with E-state index in [2.05, 4.69) is 10.3 Å². The molecule has 0 bridgehead atoms. The highest BCUT2D eigenvalue weighted by molar-refractivity contribution is 6.07. The van der Waals surface area contributed by atoms with Gasteiger partial charge in [-0.05, 0) is 51.1 Å². The molecule has 0 aliphatic rings. The maximum absolute atomic E-state index is 12.6. The summed E-state index contributed by atoms with van der Waals surface area (Å²) in [6, 6.07) is 12.3. The number of pyridine rings is 1. The van der Waals surface area contributed by atoms with Crippen LogP contribution in [0.15, 0.2) is 48.7 Å². The highest BCUT2D eigenvalue weighted by atomic mass is 16.5. The number of aromatic nitrogens is 1. The quantitative estimate of drug-likeness (QED) is 0.566. The second-order valence-electron chi connectivity index (χ2n) is 6.81. The van der Waals surface area contributed by atoms with Crippen molar-refractivity contribution in [3.05, 3.63) is 59.8 Å². The standard InChI is InChI=1S/C23H24N2O5/c1-5-29-23(27)19-13-24-20-10-9-15(22(26)30-14(2)3)11-18(20)21(19)25-16-7-6-8-17(12-16)28-4/h6-14H,5H2,1-4H3,(H,24,25). The number of carbonyl (C=O) groups excluding carboxylic acids is 2. The molecule has 7 nitrogen and oxygen atoms in total. The maximum atomic E-state index is 12.6. The SMILES string of the molecule is CCOC(=O)c1cnc2ccc(C(=O)OC(C)C)cc2c1Nc1cccc(OC)c1. The van der Waals surface area contributed by atoms with Crippen LogP contribution in [0.2, 0.25) is 0 Å². The lowest BCUT2D eigenvalue weighted by atomic mass is 10.1. The van der Waals surface area contributed by atoms with E-state index in [4.69, 9.17) is 14.2 Å². The normalized spacial score (nSPS) is 10.7. The van der Waals surface area contributed by atoms with Gasteiger partial charge in [-0.2, -0.15) is 0 Å². The Hall–Kier alpha value is -3.61. The van der Waals surface area contributed by atoms with Gasteiger partial charge in [0.05, 0.1) is 36.6 Å². The Bertz CT molecular complexity index is 1080. The predicted octanol–water partition coefficient (Wildman–Crippen LogP) is 4.73. The van der Waals surface area contributed by atoms with E-state index in [0.717, 1.165) is 0 Å². The van der Waals surface area contributed by atoms with E-state index in [9.17, 15) is 9.59 Å². The summed E-state index contributed by atoms with van der Waals surface area (Å²) >= 11 is 0. The minimum absolute atomic E-state index is 0.232. The van der Waals surface area contributed by atoms with Crippen LogP contribution in [-0.2, 0) is 9.47 Å². The van der Waals surface area contributed by atoms with Gasteiger partial charge >= 0.3 is 11.9 Å². The molecular weight excluding hydrogens is 384 g/mol. The second kappa shape index (κ2) is 9.26. The van der Waals surface area contributed by atoms with Gasteiger partial charge in [-0.3, -0.25) is 4.98 Å². The van der Waals surface area contributed by atoms with Gasteiger partial charge < -0.3 is 19.5 Å². The fraction of sp³-hybridized carbons (Fsp3) is 0.261. The summed E-state index contributed by atoms with van der Waals surface area (Å²) in [5.41, 5.74) is 2.46. The smallest absolute Gasteiger partial charge is 0.341 e. The third-order valence-corrected chi connectivity index (χ3v) is 4.28. The molecule has 1 N–H and O–H groups in total. The van der Waals surface area contributed by atoms with Gasteiger partial charge in [0.1, 0.15) is 11.3 Å². The minimum atomic E-state index is -0.507. The number of methoxy groups -OCH3 is 1. The van der Waals surface area contributed by atoms with Gasteiger partial charge in [0.2, 0.25) is 0 Å². The van der Waals surface area contributed by atoms with E-state index in [1.165, 1.54) is 6.20 Å². The molecule has 0 aliphatic heterocycles. The first-order chi connectivity index (χ1) is 14.4. The van der Waals surface area contributed by atoms with Crippen LogP contribution in [0.1, 0.15) is 41.5 Å². The van der Waals surface area contributed by atoms with E-state index in [1.54, 1.807) is 52.1 Å². The molecule has 2 aromatic carbocycles. The van der Waals surface area contributed by atoms with Crippen molar-refractivity contribution in [3.8, 4) is 5.75 Å². The van der Waals surface area contributed by atoms with Gasteiger partial charge in [-0.1, -0.05) is 6.07 Å². The van der Waals surface area contributed by atoms with Crippen molar-refractivity contribution in [1.82, 2.24) is 4.98 Å². The minimum Gasteiger partial charge on any atom is -0.497 e. The average molecular weight is 408 g/mol. The number of hydrogen-bond donors (Lipinski definition) is 1. The van der Waals surface area contributed by atoms with Gasteiger partial charge in [-0.15, -0.1) is 0 Å². The molecular formula is C23H24N2O5. The molecule has 0 radical (unpaired) electrons. The first-order valence-corrected chi connectivity index (χ1v) is 9.64. The number of anilines is 2. The summed E-state index contributed by atoms with van der Waals surface area (Å²) < 4.78 is 15.8. The molecule has 30 heavy (non-hydrogen) atoms. The van der Waals surface area contributed by atoms with Crippen LogP contribution in [0.5, 0.6) is 5.75 Å². The molecule has 1 heterocycles. The summed E-state index contributed by atoms with van der Waals surface area (Å²) in [4.78, 5) is 29.3. The lowest BCUT2D eigenvalue weighted by Crippen LogP contribution is -2.12. The Balaban J connectivity index is 2.15. The number of esters is 2. The number of nitrogens with zero attached hydrogens (tertiary/aromatic N) is 1. The van der Waals surface area contributed by atoms with Crippen LogP contribution in [-0.4, -0.2) is 36.7 Å². The fourth-order valence-corrected chi connectivity index (χ4v) is 2.95. The van der Waals surface area contributed by atoms with E-state index in [1.807, 2.05) is 18.2 Å². The zero-order valence-electron chi connectivity index (χ0n) is 17.4. The van der Waals surface area contributed by atoms with E-state index in [0.29, 0.717) is 33.6 Å². The molecule has 0 saturated heterocycles. The Morgan fingerprint density at radius 1 is 1.10 bits per heavy atom. The lowest BCUT2D eigenvalue weighted by molar-refractivity contribution is 0.0377. The molecule has 0 spiro atoms. The van der Waals surface area contributed by atoms with E-state index >= 15 is 0 Å². The second-order valence-corrected chi connectivity index (χ2v) is 6.81. The van der Waals surface area contributed by atoms with Crippen molar-refractivity contribution in [2.75, 3.05) is 19.0 Å². The number of fused-ring (bicyclic) bond motifs is 1. The molecule has 0 aliphatic carbocycles. The van der Waals surface area contributed by atoms with Crippen LogP contribution < -0.4 is 10.1 Å². The van der Waals surface area contributed by atoms with Crippen molar-refractivity contribution in [2.45, 2.75) is 26.9 Å². The zero-order chi connectivity index (χ0) is 21.7. The molecule has 1 aromatic heterocycles. The first kappa shape index (κ1) is 21.1. The topological polar surface area (TPSA) is 86.8 Å². The van der Waals surface area contributed by atoms with Crippen molar-refractivity contribution < 1.29 is 23.8 Å². The summed E-state index contributed by atoms with van der Waals surface area (Å²) in [7, 11) is 1.58. The molecule has 3 aromatic rings. The third-order valence-electron chi connectivity index (χ3n) is 4.28. The first-order valence-electron chi connectivity index (χ1n) is 9.64. The lowest BCUT2D eigenvalue weighted by Gasteiger charge is -2.15. The molecule has 0 fully saturated rings. The van der Waals surface area contributed by atoms with Crippen LogP contribution in [0.3, 0.4) is 0 Å².